The standard InChI is InChI=1S/C23H27N5O4/c1-2-31-23(30)28-13-11-27(12-14-28)22(29)16-7-9-26(10-8-16)21-20-19(24-15-25-21)17-5-3-4-6-18(17)32-20/h3-6,15-16H,2,7-14H2,1H3. The molecule has 3 aromatic rings. The molecule has 0 radical (unpaired) electrons. The number of furan rings is 1. The second kappa shape index (κ2) is 8.64. The van der Waals surface area contributed by atoms with Gasteiger partial charge in [-0.2, -0.15) is 0 Å². The predicted octanol–water partition coefficient (Wildman–Crippen LogP) is 2.89. The lowest BCUT2D eigenvalue weighted by molar-refractivity contribution is -0.137. The zero-order valence-corrected chi connectivity index (χ0v) is 18.2. The molecule has 9 heteroatoms. The molecule has 5 rings (SSSR count). The molecule has 2 amide bonds. The van der Waals surface area contributed by atoms with Gasteiger partial charge in [0, 0.05) is 50.6 Å². The highest BCUT2D eigenvalue weighted by atomic mass is 16.6. The summed E-state index contributed by atoms with van der Waals surface area (Å²) in [5.74, 6) is 0.971. The summed E-state index contributed by atoms with van der Waals surface area (Å²) in [6.45, 7) is 5.80. The first-order valence-corrected chi connectivity index (χ1v) is 11.2. The van der Waals surface area contributed by atoms with E-state index in [9.17, 15) is 9.59 Å². The van der Waals surface area contributed by atoms with Crippen LogP contribution < -0.4 is 4.90 Å². The van der Waals surface area contributed by atoms with Gasteiger partial charge in [0.25, 0.3) is 0 Å². The Morgan fingerprint density at radius 3 is 2.50 bits per heavy atom. The molecule has 0 N–H and O–H groups in total. The Morgan fingerprint density at radius 1 is 1.03 bits per heavy atom. The third kappa shape index (κ3) is 3.72. The minimum absolute atomic E-state index is 0.00612. The Labute approximate surface area is 185 Å². The molecular formula is C23H27N5O4. The van der Waals surface area contributed by atoms with Crippen molar-refractivity contribution in [2.75, 3.05) is 50.8 Å². The number of aromatic nitrogens is 2. The number of piperidine rings is 1. The van der Waals surface area contributed by atoms with Gasteiger partial charge in [0.2, 0.25) is 5.91 Å². The number of amides is 2. The van der Waals surface area contributed by atoms with Crippen molar-refractivity contribution in [1.82, 2.24) is 19.8 Å². The van der Waals surface area contributed by atoms with Crippen LogP contribution in [-0.2, 0) is 9.53 Å². The van der Waals surface area contributed by atoms with Gasteiger partial charge >= 0.3 is 6.09 Å². The van der Waals surface area contributed by atoms with Crippen LogP contribution >= 0.6 is 0 Å². The fourth-order valence-electron chi connectivity index (χ4n) is 4.66. The van der Waals surface area contributed by atoms with E-state index in [-0.39, 0.29) is 17.9 Å². The third-order valence-corrected chi connectivity index (χ3v) is 6.40. The van der Waals surface area contributed by atoms with Crippen molar-refractivity contribution in [3.8, 4) is 0 Å². The lowest BCUT2D eigenvalue weighted by atomic mass is 9.95. The molecule has 0 atom stereocenters. The van der Waals surface area contributed by atoms with Gasteiger partial charge in [0.15, 0.2) is 11.4 Å². The molecule has 2 aromatic heterocycles. The van der Waals surface area contributed by atoms with Crippen molar-refractivity contribution in [2.45, 2.75) is 19.8 Å². The number of rotatable bonds is 3. The summed E-state index contributed by atoms with van der Waals surface area (Å²) in [7, 11) is 0. The minimum Gasteiger partial charge on any atom is -0.450 e. The molecule has 1 aromatic carbocycles. The van der Waals surface area contributed by atoms with Gasteiger partial charge in [-0.05, 0) is 31.9 Å². The van der Waals surface area contributed by atoms with Crippen LogP contribution in [0.2, 0.25) is 0 Å². The van der Waals surface area contributed by atoms with Crippen molar-refractivity contribution < 1.29 is 18.7 Å². The van der Waals surface area contributed by atoms with E-state index in [0.29, 0.717) is 38.4 Å². The summed E-state index contributed by atoms with van der Waals surface area (Å²) < 4.78 is 11.1. The van der Waals surface area contributed by atoms with Crippen molar-refractivity contribution in [2.24, 2.45) is 5.92 Å². The first-order chi connectivity index (χ1) is 15.7. The average molecular weight is 438 g/mol. The number of fused-ring (bicyclic) bond motifs is 3. The molecule has 2 aliphatic heterocycles. The van der Waals surface area contributed by atoms with Crippen LogP contribution in [0.5, 0.6) is 0 Å². The molecule has 0 unspecified atom stereocenters. The number of carbonyl (C=O) groups excluding carboxylic acids is 2. The van der Waals surface area contributed by atoms with Crippen molar-refractivity contribution >= 4 is 39.9 Å². The summed E-state index contributed by atoms with van der Waals surface area (Å²) in [5.41, 5.74) is 2.33. The van der Waals surface area contributed by atoms with Gasteiger partial charge < -0.3 is 23.9 Å². The van der Waals surface area contributed by atoms with E-state index in [2.05, 4.69) is 14.9 Å². The monoisotopic (exact) mass is 437 g/mol. The molecule has 2 fully saturated rings. The van der Waals surface area contributed by atoms with E-state index in [1.807, 2.05) is 29.2 Å². The van der Waals surface area contributed by atoms with E-state index >= 15 is 0 Å². The summed E-state index contributed by atoms with van der Waals surface area (Å²) >= 11 is 0. The Kier molecular flexibility index (Phi) is 5.55. The molecular weight excluding hydrogens is 410 g/mol. The molecule has 0 aliphatic carbocycles. The third-order valence-electron chi connectivity index (χ3n) is 6.40. The number of hydrogen-bond acceptors (Lipinski definition) is 7. The normalized spacial score (nSPS) is 17.8. The Morgan fingerprint density at radius 2 is 1.75 bits per heavy atom. The quantitative estimate of drug-likeness (QED) is 0.622. The molecule has 4 heterocycles. The number of piperazine rings is 1. The zero-order valence-electron chi connectivity index (χ0n) is 18.2. The van der Waals surface area contributed by atoms with Crippen molar-refractivity contribution in [1.29, 1.82) is 0 Å². The average Bonchev–Trinajstić information content (AvgIpc) is 3.23. The maximum atomic E-state index is 13.1. The highest BCUT2D eigenvalue weighted by molar-refractivity contribution is 6.05. The number of para-hydroxylation sites is 1. The number of anilines is 1. The highest BCUT2D eigenvalue weighted by Crippen LogP contribution is 2.34. The van der Waals surface area contributed by atoms with E-state index < -0.39 is 0 Å². The Balaban J connectivity index is 1.22. The number of nitrogens with zero attached hydrogens (tertiary/aromatic N) is 5. The van der Waals surface area contributed by atoms with Crippen LogP contribution in [0.1, 0.15) is 19.8 Å². The molecule has 9 nitrogen and oxygen atoms in total. The molecule has 2 saturated heterocycles. The first-order valence-electron chi connectivity index (χ1n) is 11.2. The lowest BCUT2D eigenvalue weighted by Crippen LogP contribution is -2.53. The second-order valence-electron chi connectivity index (χ2n) is 8.25. The van der Waals surface area contributed by atoms with Gasteiger partial charge in [-0.3, -0.25) is 4.79 Å². The molecule has 0 saturated carbocycles. The fourth-order valence-corrected chi connectivity index (χ4v) is 4.66. The fraction of sp³-hybridized carbons (Fsp3) is 0.478. The smallest absolute Gasteiger partial charge is 0.409 e. The largest absolute Gasteiger partial charge is 0.450 e. The van der Waals surface area contributed by atoms with Gasteiger partial charge in [-0.15, -0.1) is 0 Å². The van der Waals surface area contributed by atoms with Gasteiger partial charge in [0.05, 0.1) is 6.61 Å². The molecule has 2 aliphatic rings. The number of carbonyl (C=O) groups is 2. The molecule has 0 bridgehead atoms. The number of benzene rings is 1. The number of hydrogen-bond donors (Lipinski definition) is 0. The molecule has 32 heavy (non-hydrogen) atoms. The van der Waals surface area contributed by atoms with Crippen molar-refractivity contribution in [3.63, 3.8) is 0 Å². The van der Waals surface area contributed by atoms with Crippen LogP contribution in [0, 0.1) is 5.92 Å². The Hall–Kier alpha value is -3.36. The van der Waals surface area contributed by atoms with Gasteiger partial charge in [-0.25, -0.2) is 14.8 Å². The maximum absolute atomic E-state index is 13.1. The maximum Gasteiger partial charge on any atom is 0.409 e. The molecule has 0 spiro atoms. The number of ether oxygens (including phenoxy) is 1. The summed E-state index contributed by atoms with van der Waals surface area (Å²) in [4.78, 5) is 39.6. The lowest BCUT2D eigenvalue weighted by Gasteiger charge is -2.38. The van der Waals surface area contributed by atoms with Crippen LogP contribution in [0.15, 0.2) is 35.0 Å². The summed E-state index contributed by atoms with van der Waals surface area (Å²) in [6, 6.07) is 7.86. The minimum atomic E-state index is -0.297. The van der Waals surface area contributed by atoms with E-state index in [1.54, 1.807) is 18.2 Å². The topological polar surface area (TPSA) is 92.0 Å². The summed E-state index contributed by atoms with van der Waals surface area (Å²) in [6.07, 6.45) is 2.82. The highest BCUT2D eigenvalue weighted by Gasteiger charge is 2.32. The predicted molar refractivity (Wildman–Crippen MR) is 119 cm³/mol. The van der Waals surface area contributed by atoms with Crippen LogP contribution in [0.25, 0.3) is 22.1 Å². The SMILES string of the molecule is CCOC(=O)N1CCN(C(=O)C2CCN(c3ncnc4c3oc3ccccc34)CC2)CC1. The molecule has 168 valence electrons. The van der Waals surface area contributed by atoms with Crippen LogP contribution in [-0.4, -0.2) is 77.6 Å². The zero-order chi connectivity index (χ0) is 22.1. The van der Waals surface area contributed by atoms with Gasteiger partial charge in [0.1, 0.15) is 17.4 Å². The Bertz CT molecular complexity index is 1130. The summed E-state index contributed by atoms with van der Waals surface area (Å²) in [5, 5.41) is 0.984. The van der Waals surface area contributed by atoms with Crippen LogP contribution in [0.3, 0.4) is 0 Å². The van der Waals surface area contributed by atoms with Crippen molar-refractivity contribution in [3.05, 3.63) is 30.6 Å². The van der Waals surface area contributed by atoms with E-state index in [0.717, 1.165) is 48.2 Å². The first kappa shape index (κ1) is 20.5. The van der Waals surface area contributed by atoms with E-state index in [4.69, 9.17) is 9.15 Å². The van der Waals surface area contributed by atoms with E-state index in [1.165, 1.54) is 0 Å². The van der Waals surface area contributed by atoms with Gasteiger partial charge in [-0.1, -0.05) is 12.1 Å². The van der Waals surface area contributed by atoms with Crippen LogP contribution in [0.4, 0.5) is 10.6 Å². The second-order valence-corrected chi connectivity index (χ2v) is 8.25.